The van der Waals surface area contributed by atoms with Crippen molar-refractivity contribution in [2.45, 2.75) is 51.1 Å². The van der Waals surface area contributed by atoms with Gasteiger partial charge in [0.15, 0.2) is 0 Å². The van der Waals surface area contributed by atoms with Crippen LogP contribution in [0.25, 0.3) is 0 Å². The SMILES string of the molecule is COc1cccc(Cn2ccn(C)[c]2=[Pt])c1.IN(I)C1CCCCCC1. The van der Waals surface area contributed by atoms with Crippen LogP contribution in [0.3, 0.4) is 0 Å². The third-order valence-corrected chi connectivity index (χ3v) is 7.58. The summed E-state index contributed by atoms with van der Waals surface area (Å²) in [4.78, 5) is 0. The molecule has 0 radical (unpaired) electrons. The Kier molecular flexibility index (Phi) is 10.5. The zero-order valence-corrected chi connectivity index (χ0v) is 21.9. The molecule has 26 heavy (non-hydrogen) atoms. The van der Waals surface area contributed by atoms with E-state index in [9.17, 15) is 0 Å². The maximum Gasteiger partial charge on any atom is 0.0311 e. The van der Waals surface area contributed by atoms with E-state index < -0.39 is 0 Å². The largest absolute Gasteiger partial charge is 0.185 e. The van der Waals surface area contributed by atoms with Crippen molar-refractivity contribution in [2.75, 3.05) is 7.11 Å². The monoisotopic (exact) mass is 762 g/mol. The molecule has 0 N–H and O–H groups in total. The Labute approximate surface area is 195 Å². The summed E-state index contributed by atoms with van der Waals surface area (Å²) in [5, 5.41) is 0. The number of aryl methyl sites for hydroxylation is 1. The molecule has 0 atom stereocenters. The summed E-state index contributed by atoms with van der Waals surface area (Å²) >= 11 is 7.12. The van der Waals surface area contributed by atoms with Gasteiger partial charge in [-0.2, -0.15) is 1.33 Å². The minimum absolute atomic E-state index is 0.851. The molecule has 1 aromatic carbocycles. The minimum Gasteiger partial charge on any atom is -0.185 e. The Hall–Kier alpha value is 0.338. The zero-order chi connectivity index (χ0) is 18.9. The van der Waals surface area contributed by atoms with Crippen molar-refractivity contribution in [2.24, 2.45) is 7.05 Å². The molecule has 1 heterocycles. The van der Waals surface area contributed by atoms with Crippen molar-refractivity contribution in [3.05, 3.63) is 46.0 Å². The van der Waals surface area contributed by atoms with Crippen molar-refractivity contribution >= 4 is 45.7 Å². The number of benzene rings is 1. The number of rotatable bonds is 4. The molecule has 0 aliphatic heterocycles. The molecule has 1 saturated carbocycles. The van der Waals surface area contributed by atoms with Crippen molar-refractivity contribution < 1.29 is 24.1 Å². The van der Waals surface area contributed by atoms with E-state index in [1.807, 2.05) is 19.2 Å². The van der Waals surface area contributed by atoms with Gasteiger partial charge in [0.1, 0.15) is 0 Å². The standard InChI is InChI=1S/C12H14N2O.C7H13I2N.Pt/c1-13-6-7-14(10-13)9-11-4-3-5-12(8-11)15-2;8-10(9)7-5-3-1-2-4-6-7;/h3-8H,9H2,1-2H3;7H,1-6H2;. The van der Waals surface area contributed by atoms with Crippen molar-refractivity contribution in [1.29, 1.82) is 0 Å². The van der Waals surface area contributed by atoms with E-state index in [0.29, 0.717) is 0 Å². The fraction of sp³-hybridized carbons (Fsp3) is 0.526. The van der Waals surface area contributed by atoms with Crippen LogP contribution in [0.1, 0.15) is 44.1 Å². The van der Waals surface area contributed by atoms with Crippen LogP contribution in [0.5, 0.6) is 5.75 Å². The molecule has 3 rings (SSSR count). The van der Waals surface area contributed by atoms with Gasteiger partial charge in [0.05, 0.1) is 0 Å². The van der Waals surface area contributed by atoms with E-state index >= 15 is 0 Å². The van der Waals surface area contributed by atoms with Gasteiger partial charge in [-0.3, -0.25) is 0 Å². The Morgan fingerprint density at radius 3 is 2.38 bits per heavy atom. The number of halogens is 2. The number of hydrogen-bond donors (Lipinski definition) is 0. The Balaban J connectivity index is 0.000000209. The molecular weight excluding hydrogens is 735 g/mol. The third kappa shape index (κ3) is 7.40. The number of nitrogens with zero attached hydrogens (tertiary/aromatic N) is 3. The number of methoxy groups -OCH3 is 1. The Morgan fingerprint density at radius 2 is 1.85 bits per heavy atom. The Morgan fingerprint density at radius 1 is 1.15 bits per heavy atom. The maximum absolute atomic E-state index is 5.21. The van der Waals surface area contributed by atoms with E-state index in [2.05, 4.69) is 100 Å². The predicted octanol–water partition coefficient (Wildman–Crippen LogP) is 5.67. The second kappa shape index (κ2) is 12.0. The first-order valence-corrected chi connectivity index (χ1v) is 12.0. The average molecular weight is 762 g/mol. The van der Waals surface area contributed by atoms with E-state index in [-0.39, 0.29) is 0 Å². The summed E-state index contributed by atoms with van der Waals surface area (Å²) in [5.41, 5.74) is 1.24. The predicted molar refractivity (Wildman–Crippen MR) is 120 cm³/mol. The minimum atomic E-state index is 0.851. The summed E-state index contributed by atoms with van der Waals surface area (Å²) in [5.74, 6) is 0.907. The molecule has 1 aliphatic rings. The van der Waals surface area contributed by atoms with Crippen molar-refractivity contribution in [3.8, 4) is 5.75 Å². The van der Waals surface area contributed by atoms with Gasteiger partial charge >= 0.3 is 106 Å². The first-order chi connectivity index (χ1) is 12.5. The van der Waals surface area contributed by atoms with Gasteiger partial charge in [-0.1, -0.05) is 25.7 Å². The summed E-state index contributed by atoms with van der Waals surface area (Å²) in [7, 11) is 3.74. The van der Waals surface area contributed by atoms with E-state index in [0.717, 1.165) is 18.3 Å². The quantitative estimate of drug-likeness (QED) is 0.228. The summed E-state index contributed by atoms with van der Waals surface area (Å²) < 4.78 is 13.0. The van der Waals surface area contributed by atoms with Crippen LogP contribution in [-0.2, 0) is 32.9 Å². The van der Waals surface area contributed by atoms with Gasteiger partial charge < -0.3 is 0 Å². The molecule has 0 spiro atoms. The van der Waals surface area contributed by atoms with Gasteiger partial charge in [0, 0.05) is 51.8 Å². The first kappa shape index (κ1) is 22.6. The van der Waals surface area contributed by atoms with Gasteiger partial charge in [-0.05, 0) is 12.8 Å². The number of aromatic nitrogens is 2. The van der Waals surface area contributed by atoms with E-state index in [1.165, 1.54) is 47.9 Å². The molecular formula is C19H27I2N3OPt. The molecule has 0 amide bonds. The second-order valence-corrected chi connectivity index (χ2v) is 11.5. The molecule has 4 nitrogen and oxygen atoms in total. The number of ether oxygens (including phenoxy) is 1. The normalized spacial score (nSPS) is 15.3. The average Bonchev–Trinajstić information content (AvgIpc) is 2.87. The number of imidazole rings is 1. The first-order valence-electron chi connectivity index (χ1n) is 8.92. The molecule has 1 aliphatic carbocycles. The van der Waals surface area contributed by atoms with Crippen LogP contribution in [0, 0.1) is 3.80 Å². The molecule has 1 fully saturated rings. The van der Waals surface area contributed by atoms with Crippen molar-refractivity contribution in [3.63, 3.8) is 0 Å². The van der Waals surface area contributed by atoms with Crippen LogP contribution in [0.4, 0.5) is 0 Å². The van der Waals surface area contributed by atoms with E-state index in [1.54, 1.807) is 7.11 Å². The van der Waals surface area contributed by atoms with Crippen LogP contribution in [-0.4, -0.2) is 23.6 Å². The van der Waals surface area contributed by atoms with Crippen LogP contribution in [0.2, 0.25) is 0 Å². The zero-order valence-electron chi connectivity index (χ0n) is 15.3. The van der Waals surface area contributed by atoms with Gasteiger partial charge in [-0.15, -0.1) is 0 Å². The molecule has 0 unspecified atom stereocenters. The molecule has 0 bridgehead atoms. The molecule has 2 aromatic rings. The molecule has 1 aromatic heterocycles. The fourth-order valence-corrected chi connectivity index (χ4v) is 4.66. The Bertz CT molecular complexity index is 722. The summed E-state index contributed by atoms with van der Waals surface area (Å²) in [6.07, 6.45) is 12.7. The number of hydrogen-bond acceptors (Lipinski definition) is 2. The van der Waals surface area contributed by atoms with Gasteiger partial charge in [-0.25, -0.2) is 0 Å². The maximum atomic E-state index is 5.21. The summed E-state index contributed by atoms with van der Waals surface area (Å²) in [6, 6.07) is 9.01. The molecule has 7 heteroatoms. The summed E-state index contributed by atoms with van der Waals surface area (Å²) in [6.45, 7) is 0.872. The van der Waals surface area contributed by atoms with Crippen LogP contribution in [0.15, 0.2) is 36.7 Å². The van der Waals surface area contributed by atoms with Crippen LogP contribution >= 0.6 is 45.7 Å². The van der Waals surface area contributed by atoms with Crippen molar-refractivity contribution in [1.82, 2.24) is 10.5 Å². The molecule has 0 saturated heterocycles. The fourth-order valence-electron chi connectivity index (χ4n) is 3.03. The van der Waals surface area contributed by atoms with Crippen LogP contribution < -0.4 is 4.74 Å². The molecule has 148 valence electrons. The third-order valence-electron chi connectivity index (χ3n) is 4.55. The van der Waals surface area contributed by atoms with Gasteiger partial charge in [0.25, 0.3) is 0 Å². The van der Waals surface area contributed by atoms with Gasteiger partial charge in [0.2, 0.25) is 0 Å². The van der Waals surface area contributed by atoms with E-state index in [4.69, 9.17) is 4.74 Å². The topological polar surface area (TPSA) is 22.3 Å². The second-order valence-electron chi connectivity index (χ2n) is 6.53. The smallest absolute Gasteiger partial charge is 0.0311 e.